The number of thiophene rings is 1. The van der Waals surface area contributed by atoms with Gasteiger partial charge in [-0.15, -0.1) is 11.3 Å². The summed E-state index contributed by atoms with van der Waals surface area (Å²) in [5.74, 6) is -0.601. The molecule has 1 unspecified atom stereocenters. The van der Waals surface area contributed by atoms with Gasteiger partial charge in [-0.05, 0) is 48.9 Å². The van der Waals surface area contributed by atoms with E-state index in [9.17, 15) is 14.4 Å². The summed E-state index contributed by atoms with van der Waals surface area (Å²) in [7, 11) is 2.98. The Kier molecular flexibility index (Phi) is 7.17. The van der Waals surface area contributed by atoms with E-state index in [0.717, 1.165) is 19.3 Å². The van der Waals surface area contributed by atoms with E-state index in [0.29, 0.717) is 21.9 Å². The van der Waals surface area contributed by atoms with Gasteiger partial charge in [-0.25, -0.2) is 0 Å². The number of carbonyl (C=O) groups is 3. The van der Waals surface area contributed by atoms with Crippen LogP contribution in [-0.4, -0.2) is 38.0 Å². The third-order valence-corrected chi connectivity index (χ3v) is 6.35. The van der Waals surface area contributed by atoms with Crippen LogP contribution in [-0.2, 0) is 17.6 Å². The monoisotopic (exact) mass is 445 g/mol. The molecule has 1 aromatic heterocycles. The molecule has 8 nitrogen and oxygen atoms in total. The Hall–Kier alpha value is -3.07. The molecule has 166 valence electrons. The molecule has 1 aliphatic carbocycles. The van der Waals surface area contributed by atoms with Gasteiger partial charge in [0.05, 0.1) is 19.1 Å². The molecule has 0 bridgehead atoms. The number of nitrogens with one attached hydrogen (secondary N) is 3. The second kappa shape index (κ2) is 9.82. The normalized spacial score (nSPS) is 13.3. The number of hydrogen-bond acceptors (Lipinski definition) is 6. The topological polar surface area (TPSA) is 106 Å². The summed E-state index contributed by atoms with van der Waals surface area (Å²) in [5, 5.41) is 2.72. The molecule has 3 rings (SSSR count). The van der Waals surface area contributed by atoms with E-state index in [1.165, 1.54) is 36.0 Å². The number of hydrogen-bond donors (Lipinski definition) is 3. The SMILES string of the molecule is COc1cc(OC)cc(C(=O)NC(C(=O)NNC(=O)c2cc3c(s2)CCC3)C(C)C)c1. The predicted molar refractivity (Wildman–Crippen MR) is 118 cm³/mol. The number of amides is 3. The van der Waals surface area contributed by atoms with Crippen LogP contribution in [0.15, 0.2) is 24.3 Å². The zero-order valence-electron chi connectivity index (χ0n) is 18.0. The van der Waals surface area contributed by atoms with E-state index < -0.39 is 17.9 Å². The van der Waals surface area contributed by atoms with Gasteiger partial charge >= 0.3 is 0 Å². The van der Waals surface area contributed by atoms with E-state index in [2.05, 4.69) is 16.2 Å². The second-order valence-corrected chi connectivity index (χ2v) is 8.79. The number of benzene rings is 1. The Bertz CT molecular complexity index is 942. The van der Waals surface area contributed by atoms with E-state index in [1.54, 1.807) is 18.2 Å². The first kappa shape index (κ1) is 22.6. The quantitative estimate of drug-likeness (QED) is 0.568. The molecular weight excluding hydrogens is 418 g/mol. The summed E-state index contributed by atoms with van der Waals surface area (Å²) in [6.07, 6.45) is 3.10. The van der Waals surface area contributed by atoms with Crippen LogP contribution in [0.5, 0.6) is 11.5 Å². The standard InChI is InChI=1S/C22H27N3O5S/c1-12(2)19(23-20(26)14-8-15(29-3)11-16(9-14)30-4)22(28)25-24-21(27)18-10-13-6-5-7-17(13)31-18/h8-12,19H,5-7H2,1-4H3,(H,23,26)(H,24,27)(H,25,28). The molecule has 31 heavy (non-hydrogen) atoms. The molecule has 9 heteroatoms. The maximum Gasteiger partial charge on any atom is 0.279 e. The van der Waals surface area contributed by atoms with Crippen molar-refractivity contribution in [2.45, 2.75) is 39.2 Å². The van der Waals surface area contributed by atoms with Crippen LogP contribution in [0.3, 0.4) is 0 Å². The second-order valence-electron chi connectivity index (χ2n) is 7.65. The van der Waals surface area contributed by atoms with Crippen LogP contribution in [0.1, 0.15) is 50.7 Å². The molecule has 3 amide bonds. The average molecular weight is 446 g/mol. The number of hydrazine groups is 1. The number of rotatable bonds is 7. The third-order valence-electron chi connectivity index (χ3n) is 5.12. The minimum atomic E-state index is -0.849. The fraction of sp³-hybridized carbons (Fsp3) is 0.409. The van der Waals surface area contributed by atoms with E-state index in [1.807, 2.05) is 19.9 Å². The fourth-order valence-corrected chi connectivity index (χ4v) is 4.55. The summed E-state index contributed by atoms with van der Waals surface area (Å²) >= 11 is 1.45. The Labute approximate surface area is 185 Å². The highest BCUT2D eigenvalue weighted by atomic mass is 32.1. The number of ether oxygens (including phenoxy) is 2. The molecule has 0 saturated carbocycles. The van der Waals surface area contributed by atoms with Crippen molar-refractivity contribution in [1.82, 2.24) is 16.2 Å². The largest absolute Gasteiger partial charge is 0.497 e. The number of aryl methyl sites for hydroxylation is 2. The van der Waals surface area contributed by atoms with Crippen molar-refractivity contribution in [2.24, 2.45) is 5.92 Å². The molecule has 0 saturated heterocycles. The van der Waals surface area contributed by atoms with Gasteiger partial charge in [0.15, 0.2) is 0 Å². The Balaban J connectivity index is 1.63. The van der Waals surface area contributed by atoms with Crippen LogP contribution < -0.4 is 25.6 Å². The Morgan fingerprint density at radius 1 is 0.935 bits per heavy atom. The van der Waals surface area contributed by atoms with E-state index in [4.69, 9.17) is 9.47 Å². The molecule has 1 aromatic carbocycles. The van der Waals surface area contributed by atoms with Crippen molar-refractivity contribution in [1.29, 1.82) is 0 Å². The van der Waals surface area contributed by atoms with E-state index >= 15 is 0 Å². The van der Waals surface area contributed by atoms with Crippen molar-refractivity contribution < 1.29 is 23.9 Å². The van der Waals surface area contributed by atoms with Crippen LogP contribution in [0.2, 0.25) is 0 Å². The molecule has 0 spiro atoms. The van der Waals surface area contributed by atoms with Crippen molar-refractivity contribution in [3.63, 3.8) is 0 Å². The van der Waals surface area contributed by atoms with Gasteiger partial charge in [0.1, 0.15) is 17.5 Å². The smallest absolute Gasteiger partial charge is 0.279 e. The lowest BCUT2D eigenvalue weighted by Gasteiger charge is -2.22. The van der Waals surface area contributed by atoms with Crippen molar-refractivity contribution in [2.75, 3.05) is 14.2 Å². The highest BCUT2D eigenvalue weighted by Gasteiger charge is 2.26. The summed E-state index contributed by atoms with van der Waals surface area (Å²) in [6, 6.07) is 5.81. The van der Waals surface area contributed by atoms with Crippen LogP contribution in [0, 0.1) is 5.92 Å². The number of methoxy groups -OCH3 is 2. The van der Waals surface area contributed by atoms with Gasteiger partial charge in [0, 0.05) is 16.5 Å². The van der Waals surface area contributed by atoms with Crippen molar-refractivity contribution in [3.8, 4) is 11.5 Å². The molecular formula is C22H27N3O5S. The molecule has 0 aliphatic heterocycles. The van der Waals surface area contributed by atoms with Gasteiger partial charge < -0.3 is 14.8 Å². The molecule has 1 atom stereocenters. The van der Waals surface area contributed by atoms with Crippen LogP contribution in [0.4, 0.5) is 0 Å². The number of carbonyl (C=O) groups excluding carboxylic acids is 3. The minimum absolute atomic E-state index is 0.209. The fourth-order valence-electron chi connectivity index (χ4n) is 3.40. The predicted octanol–water partition coefficient (Wildman–Crippen LogP) is 2.47. The van der Waals surface area contributed by atoms with Gasteiger partial charge in [-0.1, -0.05) is 13.8 Å². The maximum atomic E-state index is 12.8. The van der Waals surface area contributed by atoms with Crippen LogP contribution in [0.25, 0.3) is 0 Å². The van der Waals surface area contributed by atoms with Gasteiger partial charge in [0.25, 0.3) is 17.7 Å². The van der Waals surface area contributed by atoms with E-state index in [-0.39, 0.29) is 11.8 Å². The summed E-state index contributed by atoms with van der Waals surface area (Å²) in [5.41, 5.74) is 6.39. The van der Waals surface area contributed by atoms with Crippen LogP contribution >= 0.6 is 11.3 Å². The van der Waals surface area contributed by atoms with Crippen molar-refractivity contribution >= 4 is 29.1 Å². The van der Waals surface area contributed by atoms with Gasteiger partial charge in [-0.3, -0.25) is 25.2 Å². The molecule has 1 aliphatic rings. The minimum Gasteiger partial charge on any atom is -0.497 e. The first-order chi connectivity index (χ1) is 14.8. The average Bonchev–Trinajstić information content (AvgIpc) is 3.37. The third kappa shape index (κ3) is 5.35. The molecule has 0 fully saturated rings. The summed E-state index contributed by atoms with van der Waals surface area (Å²) in [4.78, 5) is 39.6. The Morgan fingerprint density at radius 3 is 2.19 bits per heavy atom. The highest BCUT2D eigenvalue weighted by molar-refractivity contribution is 7.14. The first-order valence-corrected chi connectivity index (χ1v) is 10.9. The molecule has 3 N–H and O–H groups in total. The number of fused-ring (bicyclic) bond motifs is 1. The lowest BCUT2D eigenvalue weighted by atomic mass is 10.0. The van der Waals surface area contributed by atoms with Crippen molar-refractivity contribution in [3.05, 3.63) is 45.1 Å². The first-order valence-electron chi connectivity index (χ1n) is 10.1. The molecule has 1 heterocycles. The molecule has 2 aromatic rings. The lowest BCUT2D eigenvalue weighted by Crippen LogP contribution is -2.54. The maximum absolute atomic E-state index is 12.8. The highest BCUT2D eigenvalue weighted by Crippen LogP contribution is 2.30. The van der Waals surface area contributed by atoms with Gasteiger partial charge in [-0.2, -0.15) is 0 Å². The summed E-state index contributed by atoms with van der Waals surface area (Å²) in [6.45, 7) is 3.62. The Morgan fingerprint density at radius 2 is 1.61 bits per heavy atom. The lowest BCUT2D eigenvalue weighted by molar-refractivity contribution is -0.124. The zero-order valence-corrected chi connectivity index (χ0v) is 18.9. The summed E-state index contributed by atoms with van der Waals surface area (Å²) < 4.78 is 10.4. The van der Waals surface area contributed by atoms with Gasteiger partial charge in [0.2, 0.25) is 0 Å². The molecule has 0 radical (unpaired) electrons. The zero-order chi connectivity index (χ0) is 22.5.